The number of ether oxygens (including phenoxy) is 1. The summed E-state index contributed by atoms with van der Waals surface area (Å²) in [5.41, 5.74) is 1.15. The number of carbonyl (C=O) groups is 2. The van der Waals surface area contributed by atoms with E-state index in [0.717, 1.165) is 22.5 Å². The minimum Gasteiger partial charge on any atom is -0.452 e. The molecule has 0 aromatic heterocycles. The molecule has 0 saturated heterocycles. The fourth-order valence-electron chi connectivity index (χ4n) is 3.25. The first-order valence-electron chi connectivity index (χ1n) is 9.31. The third-order valence-corrected chi connectivity index (χ3v) is 5.78. The first-order valence-corrected chi connectivity index (χ1v) is 10.9. The lowest BCUT2D eigenvalue weighted by Crippen LogP contribution is -2.34. The number of aryl methyl sites for hydroxylation is 1. The number of likely N-dealkylation sites (N-methyl/N-ethyl adjacent to an activating group) is 1. The number of anilines is 1. The van der Waals surface area contributed by atoms with Crippen molar-refractivity contribution >= 4 is 38.4 Å². The van der Waals surface area contributed by atoms with Crippen LogP contribution in [0.25, 0.3) is 10.8 Å². The summed E-state index contributed by atoms with van der Waals surface area (Å²) >= 11 is 0. The summed E-state index contributed by atoms with van der Waals surface area (Å²) in [4.78, 5) is 26.5. The highest BCUT2D eigenvalue weighted by molar-refractivity contribution is 7.89. The van der Waals surface area contributed by atoms with Gasteiger partial charge in [0.1, 0.15) is 0 Å². The number of amides is 1. The molecule has 2 N–H and O–H groups in total. The zero-order valence-electron chi connectivity index (χ0n) is 16.7. The molecular weight excluding hydrogens is 404 g/mol. The van der Waals surface area contributed by atoms with Crippen molar-refractivity contribution in [3.8, 4) is 0 Å². The average Bonchev–Trinajstić information content (AvgIpc) is 2.72. The topological polar surface area (TPSA) is 107 Å². The number of carbonyl (C=O) groups excluding carboxylic acids is 2. The van der Waals surface area contributed by atoms with E-state index in [4.69, 9.17) is 9.88 Å². The first-order chi connectivity index (χ1) is 14.2. The summed E-state index contributed by atoms with van der Waals surface area (Å²) in [6.45, 7) is 3.32. The Hall–Kier alpha value is -3.23. The molecule has 156 valence electrons. The fourth-order valence-corrected chi connectivity index (χ4v) is 4.05. The minimum absolute atomic E-state index is 0.00522. The van der Waals surface area contributed by atoms with Crippen LogP contribution < -0.4 is 10.0 Å². The third kappa shape index (κ3) is 4.50. The van der Waals surface area contributed by atoms with E-state index >= 15 is 0 Å². The number of benzene rings is 3. The molecule has 0 aliphatic carbocycles. The lowest BCUT2D eigenvalue weighted by Gasteiger charge is -2.22. The summed E-state index contributed by atoms with van der Waals surface area (Å²) in [5, 5.41) is 7.08. The SMILES string of the molecule is CCN(C(=O)COC(=O)c1ccc(C)c(S(N)(=O)=O)c1)c1cccc2ccccc12. The quantitative estimate of drug-likeness (QED) is 0.610. The number of primary sulfonamides is 1. The van der Waals surface area contributed by atoms with Gasteiger partial charge in [0, 0.05) is 11.9 Å². The molecule has 0 aliphatic heterocycles. The predicted octanol–water partition coefficient (Wildman–Crippen LogP) is 3.01. The molecule has 0 unspecified atom stereocenters. The van der Waals surface area contributed by atoms with Gasteiger partial charge in [-0.25, -0.2) is 18.4 Å². The highest BCUT2D eigenvalue weighted by atomic mass is 32.2. The number of fused-ring (bicyclic) bond motifs is 1. The van der Waals surface area contributed by atoms with Crippen molar-refractivity contribution in [1.29, 1.82) is 0 Å². The number of rotatable bonds is 6. The Morgan fingerprint density at radius 1 is 1.03 bits per heavy atom. The van der Waals surface area contributed by atoms with Crippen LogP contribution in [0.2, 0.25) is 0 Å². The van der Waals surface area contributed by atoms with Crippen LogP contribution in [0.3, 0.4) is 0 Å². The number of hydrogen-bond donors (Lipinski definition) is 1. The molecule has 0 fully saturated rings. The molecule has 0 spiro atoms. The van der Waals surface area contributed by atoms with Crippen LogP contribution in [-0.4, -0.2) is 33.4 Å². The second-order valence-electron chi connectivity index (χ2n) is 6.74. The molecule has 0 saturated carbocycles. The zero-order valence-corrected chi connectivity index (χ0v) is 17.5. The average molecular weight is 426 g/mol. The van der Waals surface area contributed by atoms with Gasteiger partial charge in [0.2, 0.25) is 10.0 Å². The van der Waals surface area contributed by atoms with Crippen molar-refractivity contribution in [2.75, 3.05) is 18.1 Å². The molecular formula is C22H22N2O5S. The van der Waals surface area contributed by atoms with Gasteiger partial charge in [0.05, 0.1) is 16.1 Å². The molecule has 0 atom stereocenters. The Morgan fingerprint density at radius 2 is 1.73 bits per heavy atom. The summed E-state index contributed by atoms with van der Waals surface area (Å²) in [6, 6.07) is 17.4. The maximum absolute atomic E-state index is 12.8. The van der Waals surface area contributed by atoms with Crippen molar-refractivity contribution in [2.45, 2.75) is 18.7 Å². The molecule has 3 aromatic rings. The van der Waals surface area contributed by atoms with Gasteiger partial charge >= 0.3 is 5.97 Å². The zero-order chi connectivity index (χ0) is 21.9. The van der Waals surface area contributed by atoms with E-state index < -0.39 is 22.6 Å². The highest BCUT2D eigenvalue weighted by Crippen LogP contribution is 2.26. The van der Waals surface area contributed by atoms with Gasteiger partial charge in [-0.1, -0.05) is 42.5 Å². The summed E-state index contributed by atoms with van der Waals surface area (Å²) in [5.74, 6) is -1.19. The predicted molar refractivity (Wildman–Crippen MR) is 115 cm³/mol. The van der Waals surface area contributed by atoms with Crippen LogP contribution in [0.1, 0.15) is 22.8 Å². The van der Waals surface area contributed by atoms with Crippen LogP contribution in [0.4, 0.5) is 5.69 Å². The molecule has 0 aliphatic rings. The van der Waals surface area contributed by atoms with E-state index in [1.54, 1.807) is 11.8 Å². The molecule has 0 heterocycles. The van der Waals surface area contributed by atoms with E-state index in [2.05, 4.69) is 0 Å². The van der Waals surface area contributed by atoms with E-state index in [1.165, 1.54) is 12.1 Å². The van der Waals surface area contributed by atoms with Crippen molar-refractivity contribution < 1.29 is 22.7 Å². The van der Waals surface area contributed by atoms with Gasteiger partial charge in [-0.15, -0.1) is 0 Å². The Balaban J connectivity index is 1.78. The summed E-state index contributed by atoms with van der Waals surface area (Å²) in [7, 11) is -3.98. The molecule has 1 amide bonds. The van der Waals surface area contributed by atoms with Gasteiger partial charge < -0.3 is 9.64 Å². The lowest BCUT2D eigenvalue weighted by atomic mass is 10.1. The van der Waals surface area contributed by atoms with E-state index in [-0.39, 0.29) is 16.4 Å². The second-order valence-corrected chi connectivity index (χ2v) is 8.27. The minimum atomic E-state index is -3.98. The summed E-state index contributed by atoms with van der Waals surface area (Å²) < 4.78 is 28.5. The monoisotopic (exact) mass is 426 g/mol. The summed E-state index contributed by atoms with van der Waals surface area (Å²) in [6.07, 6.45) is 0. The van der Waals surface area contributed by atoms with Crippen LogP contribution in [0, 0.1) is 6.92 Å². The maximum Gasteiger partial charge on any atom is 0.338 e. The standard InChI is InChI=1S/C22H22N2O5S/c1-3-24(19-10-6-8-16-7-4-5-9-18(16)19)21(25)14-29-22(26)17-12-11-15(2)20(13-17)30(23,27)28/h4-13H,3,14H2,1-2H3,(H2,23,27,28). The molecule has 3 rings (SSSR count). The van der Waals surface area contributed by atoms with Crippen LogP contribution in [0.5, 0.6) is 0 Å². The Labute approximate surface area is 175 Å². The van der Waals surface area contributed by atoms with Gasteiger partial charge in [0.25, 0.3) is 5.91 Å². The van der Waals surface area contributed by atoms with Crippen LogP contribution in [-0.2, 0) is 19.6 Å². The van der Waals surface area contributed by atoms with Crippen LogP contribution in [0.15, 0.2) is 65.6 Å². The lowest BCUT2D eigenvalue weighted by molar-refractivity contribution is -0.121. The Kier molecular flexibility index (Phi) is 6.19. The number of esters is 1. The third-order valence-electron chi connectivity index (χ3n) is 4.73. The number of nitrogens with two attached hydrogens (primary N) is 1. The molecule has 0 radical (unpaired) electrons. The van der Waals surface area contributed by atoms with E-state index in [1.807, 2.05) is 49.4 Å². The van der Waals surface area contributed by atoms with Gasteiger partial charge in [-0.05, 0) is 43.0 Å². The normalized spacial score (nSPS) is 11.3. The molecule has 7 nitrogen and oxygen atoms in total. The van der Waals surface area contributed by atoms with E-state index in [9.17, 15) is 18.0 Å². The van der Waals surface area contributed by atoms with Gasteiger partial charge in [0.15, 0.2) is 6.61 Å². The Bertz CT molecular complexity index is 1220. The first kappa shape index (κ1) is 21.5. The number of nitrogens with zero attached hydrogens (tertiary/aromatic N) is 1. The second kappa shape index (κ2) is 8.64. The highest BCUT2D eigenvalue weighted by Gasteiger charge is 2.20. The number of hydrogen-bond acceptors (Lipinski definition) is 5. The molecule has 3 aromatic carbocycles. The smallest absolute Gasteiger partial charge is 0.338 e. The van der Waals surface area contributed by atoms with Crippen molar-refractivity contribution in [1.82, 2.24) is 0 Å². The van der Waals surface area contributed by atoms with Crippen molar-refractivity contribution in [3.63, 3.8) is 0 Å². The maximum atomic E-state index is 12.8. The fraction of sp³-hybridized carbons (Fsp3) is 0.182. The number of sulfonamides is 1. The van der Waals surface area contributed by atoms with Gasteiger partial charge in [-0.3, -0.25) is 4.79 Å². The van der Waals surface area contributed by atoms with Crippen molar-refractivity contribution in [2.24, 2.45) is 5.14 Å². The van der Waals surface area contributed by atoms with E-state index in [0.29, 0.717) is 12.1 Å². The van der Waals surface area contributed by atoms with Gasteiger partial charge in [-0.2, -0.15) is 0 Å². The van der Waals surface area contributed by atoms with Crippen molar-refractivity contribution in [3.05, 3.63) is 71.8 Å². The Morgan fingerprint density at radius 3 is 2.43 bits per heavy atom. The molecule has 0 bridgehead atoms. The van der Waals surface area contributed by atoms with Crippen LogP contribution >= 0.6 is 0 Å². The largest absolute Gasteiger partial charge is 0.452 e. The molecule has 8 heteroatoms. The molecule has 30 heavy (non-hydrogen) atoms.